The quantitative estimate of drug-likeness (QED) is 0.621. The van der Waals surface area contributed by atoms with Crippen LogP contribution in [0, 0.1) is 34.5 Å². The standard InChI is InChI=1S/C19H30O/c1-18-9-3-4-16(18)15-6-5-13-12-14(20)7-11-19(13,2)17(15)8-10-18/h7,13,15-17,20H,3-6,8-12H2,1-2H3. The molecule has 20 heavy (non-hydrogen) atoms. The lowest BCUT2D eigenvalue weighted by Gasteiger charge is -2.59. The average Bonchev–Trinajstić information content (AvgIpc) is 2.81. The predicted molar refractivity (Wildman–Crippen MR) is 82.4 cm³/mol. The van der Waals surface area contributed by atoms with Gasteiger partial charge >= 0.3 is 0 Å². The van der Waals surface area contributed by atoms with Gasteiger partial charge in [0.2, 0.25) is 0 Å². The van der Waals surface area contributed by atoms with Gasteiger partial charge in [0.05, 0.1) is 5.76 Å². The monoisotopic (exact) mass is 274 g/mol. The molecule has 0 aliphatic heterocycles. The first-order valence-corrected chi connectivity index (χ1v) is 8.91. The molecule has 4 aliphatic carbocycles. The van der Waals surface area contributed by atoms with E-state index in [1.807, 2.05) is 0 Å². The van der Waals surface area contributed by atoms with Crippen LogP contribution < -0.4 is 0 Å². The maximum atomic E-state index is 9.91. The number of fused-ring (bicyclic) bond motifs is 5. The fourth-order valence-corrected chi connectivity index (χ4v) is 6.85. The van der Waals surface area contributed by atoms with Crippen molar-refractivity contribution in [1.29, 1.82) is 0 Å². The van der Waals surface area contributed by atoms with E-state index in [9.17, 15) is 5.11 Å². The minimum atomic E-state index is 0.485. The second-order valence-electron chi connectivity index (χ2n) is 8.85. The number of rotatable bonds is 0. The van der Waals surface area contributed by atoms with Gasteiger partial charge < -0.3 is 5.11 Å². The first kappa shape index (κ1) is 13.2. The highest BCUT2D eigenvalue weighted by Gasteiger charge is 2.57. The minimum absolute atomic E-state index is 0.485. The van der Waals surface area contributed by atoms with E-state index in [1.165, 1.54) is 44.9 Å². The van der Waals surface area contributed by atoms with E-state index in [0.717, 1.165) is 36.5 Å². The van der Waals surface area contributed by atoms with Crippen molar-refractivity contribution >= 4 is 0 Å². The van der Waals surface area contributed by atoms with Crippen LogP contribution in [0.15, 0.2) is 11.8 Å². The van der Waals surface area contributed by atoms with Crippen molar-refractivity contribution in [1.82, 2.24) is 0 Å². The second kappa shape index (κ2) is 4.27. The highest BCUT2D eigenvalue weighted by Crippen LogP contribution is 2.65. The molecule has 0 aromatic carbocycles. The molecule has 1 nitrogen and oxygen atoms in total. The molecular weight excluding hydrogens is 244 g/mol. The fourth-order valence-electron chi connectivity index (χ4n) is 6.85. The Hall–Kier alpha value is -0.460. The van der Waals surface area contributed by atoms with Gasteiger partial charge in [0.25, 0.3) is 0 Å². The maximum absolute atomic E-state index is 9.91. The summed E-state index contributed by atoms with van der Waals surface area (Å²) in [5.41, 5.74) is 1.16. The highest BCUT2D eigenvalue weighted by atomic mass is 16.3. The number of allylic oxidation sites excluding steroid dienone is 2. The normalized spacial score (nSPS) is 54.6. The first-order valence-electron chi connectivity index (χ1n) is 8.91. The molecule has 0 heterocycles. The first-order chi connectivity index (χ1) is 9.53. The largest absolute Gasteiger partial charge is 0.513 e. The van der Waals surface area contributed by atoms with Crippen LogP contribution in [0.25, 0.3) is 0 Å². The van der Waals surface area contributed by atoms with Gasteiger partial charge in [-0.1, -0.05) is 20.3 Å². The SMILES string of the molecule is CC12CCCC1C1CCC3CC(O)=CCC3(C)C1CC2. The molecule has 0 amide bonds. The molecule has 0 bridgehead atoms. The molecule has 0 saturated heterocycles. The number of aliphatic hydroxyl groups excluding tert-OH is 1. The Morgan fingerprint density at radius 3 is 2.75 bits per heavy atom. The molecule has 6 atom stereocenters. The maximum Gasteiger partial charge on any atom is 0.0886 e. The van der Waals surface area contributed by atoms with Crippen LogP contribution >= 0.6 is 0 Å². The van der Waals surface area contributed by atoms with E-state index in [1.54, 1.807) is 0 Å². The topological polar surface area (TPSA) is 20.2 Å². The number of hydrogen-bond acceptors (Lipinski definition) is 1. The van der Waals surface area contributed by atoms with Gasteiger partial charge in [-0.2, -0.15) is 0 Å². The highest BCUT2D eigenvalue weighted by molar-refractivity contribution is 5.13. The van der Waals surface area contributed by atoms with E-state index >= 15 is 0 Å². The summed E-state index contributed by atoms with van der Waals surface area (Å²) in [6.45, 7) is 5.14. The Morgan fingerprint density at radius 2 is 1.90 bits per heavy atom. The van der Waals surface area contributed by atoms with Crippen LogP contribution in [0.1, 0.15) is 71.6 Å². The predicted octanol–water partition coefficient (Wildman–Crippen LogP) is 5.47. The van der Waals surface area contributed by atoms with Gasteiger partial charge in [-0.25, -0.2) is 0 Å². The number of aliphatic hydroxyl groups is 1. The summed E-state index contributed by atoms with van der Waals surface area (Å²) in [5, 5.41) is 9.91. The fraction of sp³-hybridized carbons (Fsp3) is 0.895. The van der Waals surface area contributed by atoms with Gasteiger partial charge in [-0.15, -0.1) is 0 Å². The number of hydrogen-bond donors (Lipinski definition) is 1. The van der Waals surface area contributed by atoms with Crippen molar-refractivity contribution in [2.75, 3.05) is 0 Å². The van der Waals surface area contributed by atoms with Gasteiger partial charge in [0, 0.05) is 6.42 Å². The van der Waals surface area contributed by atoms with Crippen LogP contribution in [-0.2, 0) is 0 Å². The van der Waals surface area contributed by atoms with E-state index in [-0.39, 0.29) is 0 Å². The average molecular weight is 274 g/mol. The molecule has 1 heteroatoms. The van der Waals surface area contributed by atoms with E-state index in [4.69, 9.17) is 0 Å². The van der Waals surface area contributed by atoms with E-state index in [0.29, 0.717) is 16.6 Å². The summed E-state index contributed by atoms with van der Waals surface area (Å²) < 4.78 is 0. The molecule has 6 unspecified atom stereocenters. The molecule has 3 saturated carbocycles. The van der Waals surface area contributed by atoms with E-state index < -0.39 is 0 Å². The minimum Gasteiger partial charge on any atom is -0.513 e. The molecule has 0 aromatic rings. The summed E-state index contributed by atoms with van der Waals surface area (Å²) in [6.07, 6.45) is 14.4. The van der Waals surface area contributed by atoms with Gasteiger partial charge in [0.1, 0.15) is 0 Å². The van der Waals surface area contributed by atoms with Crippen molar-refractivity contribution in [2.24, 2.45) is 34.5 Å². The summed E-state index contributed by atoms with van der Waals surface area (Å²) in [6, 6.07) is 0. The molecule has 0 spiro atoms. The lowest BCUT2D eigenvalue weighted by molar-refractivity contribution is -0.0909. The second-order valence-corrected chi connectivity index (χ2v) is 8.85. The Morgan fingerprint density at radius 1 is 1.05 bits per heavy atom. The van der Waals surface area contributed by atoms with Crippen molar-refractivity contribution < 1.29 is 5.11 Å². The van der Waals surface area contributed by atoms with Crippen LogP contribution in [0.5, 0.6) is 0 Å². The molecule has 1 N–H and O–H groups in total. The molecule has 4 rings (SSSR count). The lowest BCUT2D eigenvalue weighted by atomic mass is 9.46. The van der Waals surface area contributed by atoms with Crippen molar-refractivity contribution in [3.8, 4) is 0 Å². The van der Waals surface area contributed by atoms with Crippen molar-refractivity contribution in [2.45, 2.75) is 71.6 Å². The van der Waals surface area contributed by atoms with Crippen molar-refractivity contribution in [3.63, 3.8) is 0 Å². The third kappa shape index (κ3) is 1.67. The summed E-state index contributed by atoms with van der Waals surface area (Å²) in [7, 11) is 0. The Labute approximate surface area is 123 Å². The molecule has 3 fully saturated rings. The van der Waals surface area contributed by atoms with Crippen LogP contribution in [0.3, 0.4) is 0 Å². The Kier molecular flexibility index (Phi) is 2.82. The van der Waals surface area contributed by atoms with Crippen LogP contribution in [-0.4, -0.2) is 5.11 Å². The summed E-state index contributed by atoms with van der Waals surface area (Å²) >= 11 is 0. The molecule has 4 aliphatic rings. The Bertz CT molecular complexity index is 439. The summed E-state index contributed by atoms with van der Waals surface area (Å²) in [5.74, 6) is 4.36. The van der Waals surface area contributed by atoms with Gasteiger partial charge in [-0.3, -0.25) is 0 Å². The smallest absolute Gasteiger partial charge is 0.0886 e. The lowest BCUT2D eigenvalue weighted by Crippen LogP contribution is -2.51. The zero-order chi connectivity index (χ0) is 14.0. The van der Waals surface area contributed by atoms with Crippen LogP contribution in [0.2, 0.25) is 0 Å². The zero-order valence-electron chi connectivity index (χ0n) is 13.2. The van der Waals surface area contributed by atoms with Gasteiger partial charge in [0.15, 0.2) is 0 Å². The van der Waals surface area contributed by atoms with Gasteiger partial charge in [-0.05, 0) is 85.5 Å². The molecular formula is C19H30O. The van der Waals surface area contributed by atoms with E-state index in [2.05, 4.69) is 19.9 Å². The molecule has 0 radical (unpaired) electrons. The molecule has 0 aromatic heterocycles. The van der Waals surface area contributed by atoms with Crippen molar-refractivity contribution in [3.05, 3.63) is 11.8 Å². The third-order valence-corrected chi connectivity index (χ3v) is 8.08. The Balaban J connectivity index is 1.66. The third-order valence-electron chi connectivity index (χ3n) is 8.08. The summed E-state index contributed by atoms with van der Waals surface area (Å²) in [4.78, 5) is 0. The van der Waals surface area contributed by atoms with Crippen LogP contribution in [0.4, 0.5) is 0 Å². The molecule has 112 valence electrons. The zero-order valence-corrected chi connectivity index (χ0v) is 13.2.